The van der Waals surface area contributed by atoms with E-state index in [9.17, 15) is 5.11 Å². The van der Waals surface area contributed by atoms with Crippen molar-refractivity contribution in [1.29, 1.82) is 0 Å². The molecule has 1 aromatic rings. The second kappa shape index (κ2) is 7.77. The Morgan fingerprint density at radius 2 is 1.75 bits per heavy atom. The van der Waals surface area contributed by atoms with Crippen LogP contribution >= 0.6 is 0 Å². The maximum absolute atomic E-state index is 10.1. The summed E-state index contributed by atoms with van der Waals surface area (Å²) >= 11 is 0. The summed E-state index contributed by atoms with van der Waals surface area (Å²) in [5, 5.41) is 13.7. The van der Waals surface area contributed by atoms with Crippen LogP contribution in [0.25, 0.3) is 0 Å². The van der Waals surface area contributed by atoms with E-state index in [1.165, 1.54) is 0 Å². The average molecular weight is 278 g/mol. The highest BCUT2D eigenvalue weighted by Gasteiger charge is 2.34. The second-order valence-corrected chi connectivity index (χ2v) is 6.06. The Hall–Kier alpha value is -0.900. The lowest BCUT2D eigenvalue weighted by atomic mass is 9.88. The quantitative estimate of drug-likeness (QED) is 0.767. The van der Waals surface area contributed by atoms with Crippen molar-refractivity contribution in [3.8, 4) is 0 Å². The van der Waals surface area contributed by atoms with Crippen molar-refractivity contribution in [2.24, 2.45) is 0 Å². The fourth-order valence-corrected chi connectivity index (χ4v) is 2.72. The third kappa shape index (κ3) is 4.30. The second-order valence-electron chi connectivity index (χ2n) is 6.06. The molecule has 20 heavy (non-hydrogen) atoms. The number of nitrogens with zero attached hydrogens (tertiary/aromatic N) is 1. The number of hydrogen-bond donors (Lipinski definition) is 2. The molecular weight excluding hydrogens is 248 g/mol. The maximum atomic E-state index is 10.1. The van der Waals surface area contributed by atoms with Crippen LogP contribution < -0.4 is 5.32 Å². The van der Waals surface area contributed by atoms with Gasteiger partial charge in [-0.15, -0.1) is 0 Å². The molecule has 3 heteroatoms. The van der Waals surface area contributed by atoms with Gasteiger partial charge in [-0.2, -0.15) is 0 Å². The van der Waals surface area contributed by atoms with Crippen LogP contribution in [-0.2, 0) is 5.54 Å². The number of hydrogen-bond acceptors (Lipinski definition) is 3. The van der Waals surface area contributed by atoms with Crippen molar-refractivity contribution in [2.75, 3.05) is 19.7 Å². The highest BCUT2D eigenvalue weighted by atomic mass is 16.3. The average Bonchev–Trinajstić information content (AvgIpc) is 2.43. The summed E-state index contributed by atoms with van der Waals surface area (Å²) in [7, 11) is 0. The summed E-state index contributed by atoms with van der Waals surface area (Å²) in [6, 6.07) is 11.1. The Bertz CT molecular complexity index is 378. The largest absolute Gasteiger partial charge is 0.394 e. The number of nitrogens with one attached hydrogen (secondary N) is 1. The fraction of sp³-hybridized carbons (Fsp3) is 0.647. The minimum Gasteiger partial charge on any atom is -0.394 e. The number of rotatable bonds is 8. The zero-order chi connectivity index (χ0) is 15.2. The van der Waals surface area contributed by atoms with Crippen LogP contribution in [0, 0.1) is 0 Å². The van der Waals surface area contributed by atoms with E-state index in [1.807, 2.05) is 18.2 Å². The molecule has 0 spiro atoms. The first-order chi connectivity index (χ1) is 9.45. The molecule has 0 aliphatic heterocycles. The summed E-state index contributed by atoms with van der Waals surface area (Å²) < 4.78 is 0. The molecule has 0 amide bonds. The lowest BCUT2D eigenvalue weighted by molar-refractivity contribution is 0.0872. The molecule has 0 bridgehead atoms. The third-order valence-electron chi connectivity index (χ3n) is 3.77. The molecule has 3 nitrogen and oxygen atoms in total. The fourth-order valence-electron chi connectivity index (χ4n) is 2.72. The molecule has 114 valence electrons. The number of likely N-dealkylation sites (N-methyl/N-ethyl adjacent to an activating group) is 1. The highest BCUT2D eigenvalue weighted by Crippen LogP contribution is 2.24. The Morgan fingerprint density at radius 3 is 2.15 bits per heavy atom. The van der Waals surface area contributed by atoms with E-state index in [0.29, 0.717) is 12.1 Å². The van der Waals surface area contributed by atoms with Gasteiger partial charge in [-0.05, 0) is 39.8 Å². The molecular formula is C17H30N2O. The predicted molar refractivity (Wildman–Crippen MR) is 85.9 cm³/mol. The Kier molecular flexibility index (Phi) is 6.66. The SMILES string of the molecule is CCN(CC(CO)(NC(C)C)c1ccccc1)C(C)C. The summed E-state index contributed by atoms with van der Waals surface area (Å²) in [4.78, 5) is 2.39. The van der Waals surface area contributed by atoms with Crippen molar-refractivity contribution in [3.05, 3.63) is 35.9 Å². The van der Waals surface area contributed by atoms with E-state index >= 15 is 0 Å². The van der Waals surface area contributed by atoms with Gasteiger partial charge in [0.2, 0.25) is 0 Å². The van der Waals surface area contributed by atoms with E-state index in [-0.39, 0.29) is 6.61 Å². The number of benzene rings is 1. The summed E-state index contributed by atoms with van der Waals surface area (Å²) in [5.74, 6) is 0. The molecule has 0 fully saturated rings. The van der Waals surface area contributed by atoms with Gasteiger partial charge in [0.15, 0.2) is 0 Å². The van der Waals surface area contributed by atoms with Gasteiger partial charge in [0.05, 0.1) is 12.1 Å². The first-order valence-corrected chi connectivity index (χ1v) is 7.63. The molecule has 1 atom stereocenters. The molecule has 0 aliphatic carbocycles. The van der Waals surface area contributed by atoms with Crippen LogP contribution in [0.5, 0.6) is 0 Å². The smallest absolute Gasteiger partial charge is 0.0799 e. The van der Waals surface area contributed by atoms with Crippen LogP contribution in [0.15, 0.2) is 30.3 Å². The minimum atomic E-state index is -0.407. The van der Waals surface area contributed by atoms with Gasteiger partial charge in [0.25, 0.3) is 0 Å². The predicted octanol–water partition coefficient (Wildman–Crippen LogP) is 2.60. The van der Waals surface area contributed by atoms with Crippen LogP contribution in [0.4, 0.5) is 0 Å². The van der Waals surface area contributed by atoms with E-state index < -0.39 is 5.54 Å². The van der Waals surface area contributed by atoms with Crippen molar-refractivity contribution in [2.45, 2.75) is 52.2 Å². The minimum absolute atomic E-state index is 0.0956. The molecule has 1 aromatic carbocycles. The first-order valence-electron chi connectivity index (χ1n) is 7.63. The normalized spacial score (nSPS) is 15.1. The lowest BCUT2D eigenvalue weighted by Gasteiger charge is -2.41. The van der Waals surface area contributed by atoms with Crippen LogP contribution in [0.3, 0.4) is 0 Å². The van der Waals surface area contributed by atoms with Crippen molar-refractivity contribution >= 4 is 0 Å². The lowest BCUT2D eigenvalue weighted by Crippen LogP contribution is -2.56. The van der Waals surface area contributed by atoms with Gasteiger partial charge in [-0.1, -0.05) is 37.3 Å². The standard InChI is InChI=1S/C17H30N2O/c1-6-19(15(4)5)12-17(13-20,18-14(2)3)16-10-8-7-9-11-16/h7-11,14-15,18,20H,6,12-13H2,1-5H3. The van der Waals surface area contributed by atoms with E-state index in [0.717, 1.165) is 18.7 Å². The van der Waals surface area contributed by atoms with Crippen molar-refractivity contribution < 1.29 is 5.11 Å². The zero-order valence-electron chi connectivity index (χ0n) is 13.6. The topological polar surface area (TPSA) is 35.5 Å². The molecule has 0 aromatic heterocycles. The van der Waals surface area contributed by atoms with Gasteiger partial charge in [-0.25, -0.2) is 0 Å². The Labute approximate surface area is 124 Å². The number of aliphatic hydroxyl groups excluding tert-OH is 1. The number of aliphatic hydroxyl groups is 1. The molecule has 0 heterocycles. The molecule has 1 unspecified atom stereocenters. The van der Waals surface area contributed by atoms with Crippen molar-refractivity contribution in [1.82, 2.24) is 10.2 Å². The van der Waals surface area contributed by atoms with Crippen LogP contribution in [0.1, 0.15) is 40.2 Å². The Balaban J connectivity index is 3.11. The summed E-state index contributed by atoms with van der Waals surface area (Å²) in [6.45, 7) is 12.7. The van der Waals surface area contributed by atoms with Crippen LogP contribution in [0.2, 0.25) is 0 Å². The summed E-state index contributed by atoms with van der Waals surface area (Å²) in [6.07, 6.45) is 0. The Morgan fingerprint density at radius 1 is 1.15 bits per heavy atom. The molecule has 0 radical (unpaired) electrons. The van der Waals surface area contributed by atoms with E-state index in [1.54, 1.807) is 0 Å². The third-order valence-corrected chi connectivity index (χ3v) is 3.77. The zero-order valence-corrected chi connectivity index (χ0v) is 13.6. The molecule has 1 rings (SSSR count). The van der Waals surface area contributed by atoms with E-state index in [2.05, 4.69) is 57.0 Å². The monoisotopic (exact) mass is 278 g/mol. The highest BCUT2D eigenvalue weighted by molar-refractivity contribution is 5.25. The van der Waals surface area contributed by atoms with Gasteiger partial charge in [0.1, 0.15) is 0 Å². The van der Waals surface area contributed by atoms with Gasteiger partial charge >= 0.3 is 0 Å². The first kappa shape index (κ1) is 17.2. The van der Waals surface area contributed by atoms with Gasteiger partial charge < -0.3 is 10.4 Å². The summed E-state index contributed by atoms with van der Waals surface area (Å²) in [5.41, 5.74) is 0.741. The molecule has 0 saturated carbocycles. The molecule has 0 aliphatic rings. The van der Waals surface area contributed by atoms with Crippen LogP contribution in [-0.4, -0.2) is 41.8 Å². The van der Waals surface area contributed by atoms with Crippen molar-refractivity contribution in [3.63, 3.8) is 0 Å². The van der Waals surface area contributed by atoms with Gasteiger partial charge in [-0.3, -0.25) is 4.90 Å². The molecule has 0 saturated heterocycles. The van der Waals surface area contributed by atoms with Gasteiger partial charge in [0, 0.05) is 18.6 Å². The maximum Gasteiger partial charge on any atom is 0.0799 e. The van der Waals surface area contributed by atoms with E-state index in [4.69, 9.17) is 0 Å². The molecule has 2 N–H and O–H groups in total.